The molecule has 0 saturated carbocycles. The van der Waals surface area contributed by atoms with Gasteiger partial charge >= 0.3 is 11.9 Å². The van der Waals surface area contributed by atoms with Gasteiger partial charge < -0.3 is 31.9 Å². The highest BCUT2D eigenvalue weighted by Gasteiger charge is 2.30. The molecule has 26 heavy (non-hydrogen) atoms. The van der Waals surface area contributed by atoms with Gasteiger partial charge in [-0.15, -0.1) is 0 Å². The molecule has 0 spiro atoms. The fraction of sp³-hybridized carbons (Fsp3) is 0.615. The Bertz CT molecular complexity index is 559. The number of aliphatic carboxylic acids is 2. The zero-order chi connectivity index (χ0) is 20.4. The summed E-state index contributed by atoms with van der Waals surface area (Å²) in [4.78, 5) is 57.8. The molecular formula is C13H22N4O7S2. The van der Waals surface area contributed by atoms with Crippen LogP contribution in [0.2, 0.25) is 0 Å². The Morgan fingerprint density at radius 2 is 1.27 bits per heavy atom. The van der Waals surface area contributed by atoms with Crippen molar-refractivity contribution in [3.8, 4) is 0 Å². The highest BCUT2D eigenvalue weighted by atomic mass is 32.1. The second kappa shape index (κ2) is 11.6. The zero-order valence-electron chi connectivity index (χ0n) is 13.8. The first kappa shape index (κ1) is 24.0. The van der Waals surface area contributed by atoms with E-state index in [2.05, 4.69) is 41.2 Å². The van der Waals surface area contributed by atoms with E-state index in [1.54, 1.807) is 0 Å². The van der Waals surface area contributed by atoms with Crippen LogP contribution in [0.4, 0.5) is 0 Å². The molecule has 4 unspecified atom stereocenters. The standard InChI is InChI=1S/C13H22N4O7S2/c1-5(14)10(20)16-7(3-25)12(22)15-6(2-9(18)19)11(21)17-8(4-26)13(23)24/h5-8,25-26H,2-4,14H2,1H3,(H,15,22)(H,16,20)(H,17,21)(H,18,19)(H,23,24). The predicted molar refractivity (Wildman–Crippen MR) is 97.0 cm³/mol. The van der Waals surface area contributed by atoms with E-state index in [1.807, 2.05) is 0 Å². The minimum atomic E-state index is -1.56. The summed E-state index contributed by atoms with van der Waals surface area (Å²) in [6, 6.07) is -4.98. The van der Waals surface area contributed by atoms with Gasteiger partial charge in [-0.25, -0.2) is 4.79 Å². The van der Waals surface area contributed by atoms with E-state index in [-0.39, 0.29) is 11.5 Å². The maximum Gasteiger partial charge on any atom is 0.327 e. The molecule has 0 aliphatic heterocycles. The molecule has 0 fully saturated rings. The van der Waals surface area contributed by atoms with Crippen LogP contribution in [-0.2, 0) is 24.0 Å². The average Bonchev–Trinajstić information content (AvgIpc) is 2.55. The molecule has 4 atom stereocenters. The van der Waals surface area contributed by atoms with Crippen LogP contribution in [0, 0.1) is 0 Å². The van der Waals surface area contributed by atoms with Crippen molar-refractivity contribution in [1.82, 2.24) is 16.0 Å². The molecule has 0 aromatic carbocycles. The monoisotopic (exact) mass is 410 g/mol. The van der Waals surface area contributed by atoms with Gasteiger partial charge in [-0.05, 0) is 6.92 Å². The van der Waals surface area contributed by atoms with Crippen LogP contribution in [0.1, 0.15) is 13.3 Å². The van der Waals surface area contributed by atoms with Crippen LogP contribution in [0.5, 0.6) is 0 Å². The number of amides is 3. The third-order valence-electron chi connectivity index (χ3n) is 3.04. The van der Waals surface area contributed by atoms with Crippen LogP contribution < -0.4 is 21.7 Å². The Morgan fingerprint density at radius 1 is 0.846 bits per heavy atom. The maximum absolute atomic E-state index is 12.2. The minimum absolute atomic E-state index is 0.139. The lowest BCUT2D eigenvalue weighted by Gasteiger charge is -2.23. The molecule has 0 saturated heterocycles. The number of carboxylic acid groups (broad SMARTS) is 2. The van der Waals surface area contributed by atoms with Gasteiger partial charge in [0.1, 0.15) is 18.1 Å². The van der Waals surface area contributed by atoms with Gasteiger partial charge in [0, 0.05) is 11.5 Å². The van der Waals surface area contributed by atoms with Crippen LogP contribution >= 0.6 is 25.3 Å². The number of hydrogen-bond acceptors (Lipinski definition) is 8. The van der Waals surface area contributed by atoms with Gasteiger partial charge in [-0.2, -0.15) is 25.3 Å². The van der Waals surface area contributed by atoms with Crippen molar-refractivity contribution in [2.75, 3.05) is 11.5 Å². The molecule has 0 rings (SSSR count). The molecule has 0 heterocycles. The molecule has 0 bridgehead atoms. The Morgan fingerprint density at radius 3 is 1.65 bits per heavy atom. The maximum atomic E-state index is 12.2. The number of nitrogens with one attached hydrogen (secondary N) is 3. The largest absolute Gasteiger partial charge is 0.481 e. The van der Waals surface area contributed by atoms with Crippen molar-refractivity contribution in [3.05, 3.63) is 0 Å². The van der Waals surface area contributed by atoms with Gasteiger partial charge in [-0.1, -0.05) is 0 Å². The van der Waals surface area contributed by atoms with E-state index in [0.717, 1.165) is 0 Å². The number of carboxylic acids is 2. The molecule has 0 aliphatic rings. The lowest BCUT2D eigenvalue weighted by molar-refractivity contribution is -0.143. The van der Waals surface area contributed by atoms with E-state index in [1.165, 1.54) is 6.92 Å². The summed E-state index contributed by atoms with van der Waals surface area (Å²) in [7, 11) is 0. The lowest BCUT2D eigenvalue weighted by atomic mass is 10.1. The van der Waals surface area contributed by atoms with Crippen LogP contribution in [0.15, 0.2) is 0 Å². The Balaban J connectivity index is 5.15. The van der Waals surface area contributed by atoms with Crippen molar-refractivity contribution in [2.45, 2.75) is 37.5 Å². The van der Waals surface area contributed by atoms with Crippen LogP contribution in [0.25, 0.3) is 0 Å². The number of hydrogen-bond donors (Lipinski definition) is 8. The summed E-state index contributed by atoms with van der Waals surface area (Å²) in [5.41, 5.74) is 5.38. The number of carbonyl (C=O) groups is 5. The smallest absolute Gasteiger partial charge is 0.327 e. The molecule has 0 aromatic rings. The zero-order valence-corrected chi connectivity index (χ0v) is 15.6. The fourth-order valence-electron chi connectivity index (χ4n) is 1.61. The minimum Gasteiger partial charge on any atom is -0.481 e. The molecule has 0 radical (unpaired) electrons. The summed E-state index contributed by atoms with van der Waals surface area (Å²) in [6.45, 7) is 1.40. The van der Waals surface area contributed by atoms with E-state index >= 15 is 0 Å². The third-order valence-corrected chi connectivity index (χ3v) is 3.77. The molecule has 148 valence electrons. The number of thiol groups is 2. The van der Waals surface area contributed by atoms with Crippen LogP contribution in [-0.4, -0.2) is 75.5 Å². The molecule has 7 N–H and O–H groups in total. The second-order valence-corrected chi connectivity index (χ2v) is 6.00. The highest BCUT2D eigenvalue weighted by Crippen LogP contribution is 1.99. The summed E-state index contributed by atoms with van der Waals surface area (Å²) in [5.74, 6) is -5.67. The van der Waals surface area contributed by atoms with Crippen molar-refractivity contribution >= 4 is 54.9 Å². The van der Waals surface area contributed by atoms with Crippen molar-refractivity contribution in [3.63, 3.8) is 0 Å². The Hall–Kier alpha value is -1.99. The molecule has 0 aliphatic carbocycles. The Kier molecular flexibility index (Phi) is 10.7. The van der Waals surface area contributed by atoms with Gasteiger partial charge in [0.15, 0.2) is 0 Å². The molecule has 13 heteroatoms. The van der Waals surface area contributed by atoms with Crippen molar-refractivity contribution in [2.24, 2.45) is 5.73 Å². The topological polar surface area (TPSA) is 188 Å². The van der Waals surface area contributed by atoms with Gasteiger partial charge in [0.05, 0.1) is 12.5 Å². The quantitative estimate of drug-likeness (QED) is 0.168. The van der Waals surface area contributed by atoms with Gasteiger partial charge in [0.25, 0.3) is 0 Å². The molecule has 0 aromatic heterocycles. The second-order valence-electron chi connectivity index (χ2n) is 5.27. The van der Waals surface area contributed by atoms with E-state index in [9.17, 15) is 24.0 Å². The van der Waals surface area contributed by atoms with E-state index in [0.29, 0.717) is 0 Å². The first-order valence-corrected chi connectivity index (χ1v) is 8.62. The first-order valence-electron chi connectivity index (χ1n) is 7.36. The summed E-state index contributed by atoms with van der Waals surface area (Å²) in [5, 5.41) is 24.3. The van der Waals surface area contributed by atoms with Gasteiger partial charge in [-0.3, -0.25) is 19.2 Å². The molecule has 11 nitrogen and oxygen atoms in total. The molecule has 3 amide bonds. The average molecular weight is 410 g/mol. The number of carbonyl (C=O) groups excluding carboxylic acids is 3. The third kappa shape index (κ3) is 8.40. The van der Waals surface area contributed by atoms with Crippen LogP contribution in [0.3, 0.4) is 0 Å². The normalized spacial score (nSPS) is 15.1. The number of rotatable bonds is 11. The summed E-state index contributed by atoms with van der Waals surface area (Å²) < 4.78 is 0. The van der Waals surface area contributed by atoms with Crippen molar-refractivity contribution < 1.29 is 34.2 Å². The summed E-state index contributed by atoms with van der Waals surface area (Å²) >= 11 is 7.69. The fourth-order valence-corrected chi connectivity index (χ4v) is 2.12. The van der Waals surface area contributed by atoms with Crippen molar-refractivity contribution in [1.29, 1.82) is 0 Å². The van der Waals surface area contributed by atoms with E-state index in [4.69, 9.17) is 15.9 Å². The lowest BCUT2D eigenvalue weighted by Crippen LogP contribution is -2.58. The Labute approximate surface area is 160 Å². The highest BCUT2D eigenvalue weighted by molar-refractivity contribution is 7.80. The molecular weight excluding hydrogens is 388 g/mol. The number of nitrogens with two attached hydrogens (primary N) is 1. The van der Waals surface area contributed by atoms with E-state index < -0.39 is 60.2 Å². The first-order chi connectivity index (χ1) is 12.0. The predicted octanol–water partition coefficient (Wildman–Crippen LogP) is -2.79. The summed E-state index contributed by atoms with van der Waals surface area (Å²) in [6.07, 6.45) is -0.795. The SMILES string of the molecule is CC(N)C(=O)NC(CS)C(=O)NC(CC(=O)O)C(=O)NC(CS)C(=O)O. The van der Waals surface area contributed by atoms with Gasteiger partial charge in [0.2, 0.25) is 17.7 Å².